The van der Waals surface area contributed by atoms with Crippen molar-refractivity contribution in [2.24, 2.45) is 0 Å². The van der Waals surface area contributed by atoms with Gasteiger partial charge in [-0.15, -0.1) is 0 Å². The first-order valence-corrected chi connectivity index (χ1v) is 23.9. The van der Waals surface area contributed by atoms with Gasteiger partial charge >= 0.3 is 0 Å². The summed E-state index contributed by atoms with van der Waals surface area (Å²) in [6.45, 7) is 5.28. The number of rotatable bonds is 36. The van der Waals surface area contributed by atoms with Crippen molar-refractivity contribution in [3.8, 4) is 5.75 Å². The first-order chi connectivity index (χ1) is 26.0. The Labute approximate surface area is 327 Å². The summed E-state index contributed by atoms with van der Waals surface area (Å²) in [4.78, 5) is 0.180. The van der Waals surface area contributed by atoms with E-state index in [-0.39, 0.29) is 4.90 Å². The zero-order valence-electron chi connectivity index (χ0n) is 34.4. The predicted octanol–water partition coefficient (Wildman–Crippen LogP) is 15.1. The molecule has 0 radical (unpaired) electrons. The van der Waals surface area contributed by atoms with Gasteiger partial charge in [0, 0.05) is 0 Å². The lowest BCUT2D eigenvalue weighted by atomic mass is 10.0. The van der Waals surface area contributed by atoms with E-state index in [0.29, 0.717) is 6.42 Å². The molecule has 0 saturated heterocycles. The Morgan fingerprint density at radius 1 is 0.472 bits per heavy atom. The molecule has 0 spiro atoms. The van der Waals surface area contributed by atoms with Crippen molar-refractivity contribution in [1.29, 1.82) is 0 Å². The average Bonchev–Trinajstić information content (AvgIpc) is 3.17. The normalized spacial score (nSPS) is 12.5. The third-order valence-corrected chi connectivity index (χ3v) is 12.6. The highest BCUT2D eigenvalue weighted by Gasteiger charge is 2.24. The second-order valence-electron chi connectivity index (χ2n) is 15.7. The number of unbranched alkanes of at least 4 members (excludes halogenated alkanes) is 27. The molecular weight excluding hydrogens is 673 g/mol. The smallest absolute Gasteiger partial charge is 0.204 e. The van der Waals surface area contributed by atoms with Crippen molar-refractivity contribution in [2.45, 2.75) is 217 Å². The number of aliphatic hydroxyl groups is 1. The summed E-state index contributed by atoms with van der Waals surface area (Å²) in [5.41, 5.74) is 0.629. The molecule has 0 saturated carbocycles. The largest absolute Gasteiger partial charge is 0.494 e. The van der Waals surface area contributed by atoms with Gasteiger partial charge < -0.3 is 9.84 Å². The zero-order valence-corrected chi connectivity index (χ0v) is 35.2. The van der Waals surface area contributed by atoms with E-state index >= 15 is 0 Å². The molecule has 0 heterocycles. The van der Waals surface area contributed by atoms with Crippen molar-refractivity contribution in [3.05, 3.63) is 59.7 Å². The van der Waals surface area contributed by atoms with Crippen LogP contribution in [0.15, 0.2) is 53.4 Å². The van der Waals surface area contributed by atoms with Crippen LogP contribution in [-0.2, 0) is 9.84 Å². The minimum atomic E-state index is -3.74. The summed E-state index contributed by atoms with van der Waals surface area (Å²) >= 11 is 0. The molecule has 2 aromatic rings. The van der Waals surface area contributed by atoms with E-state index in [9.17, 15) is 13.5 Å². The highest BCUT2D eigenvalue weighted by molar-refractivity contribution is 7.91. The number of hydrogen-bond acceptors (Lipinski definition) is 4. The van der Waals surface area contributed by atoms with Crippen molar-refractivity contribution in [3.63, 3.8) is 0 Å². The molecule has 2 rings (SSSR count). The van der Waals surface area contributed by atoms with E-state index in [1.54, 1.807) is 24.3 Å². The maximum atomic E-state index is 12.9. The van der Waals surface area contributed by atoms with Crippen LogP contribution in [-0.4, -0.2) is 25.6 Å². The fraction of sp³-hybridized carbons (Fsp3) is 0.708. The summed E-state index contributed by atoms with van der Waals surface area (Å²) in [7, 11) is -3.74. The van der Waals surface area contributed by atoms with E-state index in [1.807, 2.05) is 36.4 Å². The van der Waals surface area contributed by atoms with E-state index < -0.39 is 15.3 Å². The Balaban J connectivity index is 1.47. The first-order valence-electron chi connectivity index (χ1n) is 22.4. The summed E-state index contributed by atoms with van der Waals surface area (Å²) < 4.78 is 31.8. The van der Waals surface area contributed by atoms with E-state index in [2.05, 4.69) is 13.8 Å². The van der Waals surface area contributed by atoms with Crippen LogP contribution in [0.5, 0.6) is 5.75 Å². The highest BCUT2D eigenvalue weighted by Crippen LogP contribution is 2.22. The van der Waals surface area contributed by atoms with Crippen molar-refractivity contribution >= 4 is 22.0 Å². The molecule has 4 nitrogen and oxygen atoms in total. The van der Waals surface area contributed by atoms with Crippen LogP contribution < -0.4 is 4.74 Å². The van der Waals surface area contributed by atoms with Gasteiger partial charge in [0.15, 0.2) is 5.44 Å². The monoisotopic (exact) mass is 753 g/mol. The van der Waals surface area contributed by atoms with E-state index in [0.717, 1.165) is 49.2 Å². The first kappa shape index (κ1) is 47.0. The molecule has 53 heavy (non-hydrogen) atoms. The Bertz CT molecular complexity index is 1240. The van der Waals surface area contributed by atoms with E-state index in [1.165, 1.54) is 161 Å². The molecule has 2 aromatic carbocycles. The molecule has 302 valence electrons. The van der Waals surface area contributed by atoms with Gasteiger partial charge in [0.05, 0.1) is 11.5 Å². The average molecular weight is 753 g/mol. The summed E-state index contributed by atoms with van der Waals surface area (Å²) in [5, 5.41) is 10.5. The van der Waals surface area contributed by atoms with Gasteiger partial charge in [-0.1, -0.05) is 224 Å². The van der Waals surface area contributed by atoms with Crippen LogP contribution in [0.2, 0.25) is 0 Å². The van der Waals surface area contributed by atoms with Gasteiger partial charge in [-0.3, -0.25) is 0 Å². The van der Waals surface area contributed by atoms with Crippen LogP contribution >= 0.6 is 0 Å². The van der Waals surface area contributed by atoms with Crippen molar-refractivity contribution in [1.82, 2.24) is 0 Å². The summed E-state index contributed by atoms with van der Waals surface area (Å²) in [5.74, 6) is 0.899. The minimum Gasteiger partial charge on any atom is -0.494 e. The van der Waals surface area contributed by atoms with E-state index in [4.69, 9.17) is 4.74 Å². The van der Waals surface area contributed by atoms with Crippen LogP contribution in [0.4, 0.5) is 0 Å². The van der Waals surface area contributed by atoms with Crippen molar-refractivity contribution < 1.29 is 18.3 Å². The van der Waals surface area contributed by atoms with Gasteiger partial charge in [0.1, 0.15) is 5.75 Å². The minimum absolute atomic E-state index is 0.180. The van der Waals surface area contributed by atoms with Gasteiger partial charge in [0.25, 0.3) is 0 Å². The number of ether oxygens (including phenoxy) is 1. The van der Waals surface area contributed by atoms with Crippen LogP contribution in [0.3, 0.4) is 0 Å². The maximum Gasteiger partial charge on any atom is 0.204 e. The molecule has 1 N–H and O–H groups in total. The SMILES string of the molecule is CCCCCCCCCCCCCCCCCCCCCCOc1ccc(C=Cc2ccc(S(=O)(=O)C(O)CCCCCCCCCCC)cc2)cc1. The lowest BCUT2D eigenvalue weighted by molar-refractivity contribution is 0.233. The molecule has 0 amide bonds. The van der Waals surface area contributed by atoms with Gasteiger partial charge in [-0.25, -0.2) is 8.42 Å². The molecule has 0 aliphatic carbocycles. The van der Waals surface area contributed by atoms with Gasteiger partial charge in [-0.2, -0.15) is 0 Å². The molecule has 1 atom stereocenters. The van der Waals surface area contributed by atoms with Crippen LogP contribution in [0, 0.1) is 0 Å². The molecule has 0 bridgehead atoms. The molecule has 0 aliphatic rings. The van der Waals surface area contributed by atoms with Crippen molar-refractivity contribution in [2.75, 3.05) is 6.61 Å². The summed E-state index contributed by atoms with van der Waals surface area (Å²) in [6, 6.07) is 14.9. The fourth-order valence-corrected chi connectivity index (χ4v) is 8.43. The second-order valence-corrected chi connectivity index (χ2v) is 17.8. The standard InChI is InChI=1S/C48H80O4S/c1-3-5-7-9-11-13-14-15-16-17-18-19-20-21-22-23-25-27-29-31-43-52-46-39-35-44(36-40-46)33-34-45-37-41-47(42-38-45)53(50,51)48(49)32-30-28-26-24-12-10-8-6-4-2/h33-42,48-49H,3-32,43H2,1-2H3. The van der Waals surface area contributed by atoms with Crippen LogP contribution in [0.1, 0.15) is 218 Å². The van der Waals surface area contributed by atoms with Gasteiger partial charge in [-0.05, 0) is 54.7 Å². The quantitative estimate of drug-likeness (QED) is 0.0556. The molecular formula is C48H80O4S. The number of hydrogen-bond donors (Lipinski definition) is 1. The van der Waals surface area contributed by atoms with Crippen LogP contribution in [0.25, 0.3) is 12.2 Å². The number of aliphatic hydroxyl groups excluding tert-OH is 1. The Kier molecular flexibility index (Phi) is 28.5. The lowest BCUT2D eigenvalue weighted by Crippen LogP contribution is -2.20. The Morgan fingerprint density at radius 2 is 0.792 bits per heavy atom. The Hall–Kier alpha value is -2.11. The fourth-order valence-electron chi connectivity index (χ4n) is 7.13. The molecule has 1 unspecified atom stereocenters. The lowest BCUT2D eigenvalue weighted by Gasteiger charge is -2.12. The number of sulfone groups is 1. The molecule has 5 heteroatoms. The van der Waals surface area contributed by atoms with Gasteiger partial charge in [0.2, 0.25) is 9.84 Å². The second kappa shape index (κ2) is 32.2. The summed E-state index contributed by atoms with van der Waals surface area (Å²) in [6.07, 6.45) is 42.5. The third kappa shape index (κ3) is 24.1. The predicted molar refractivity (Wildman–Crippen MR) is 230 cm³/mol. The third-order valence-electron chi connectivity index (χ3n) is 10.7. The zero-order chi connectivity index (χ0) is 38.1. The number of benzene rings is 2. The topological polar surface area (TPSA) is 63.6 Å². The highest BCUT2D eigenvalue weighted by atomic mass is 32.2. The molecule has 0 aromatic heterocycles. The maximum absolute atomic E-state index is 12.9. The molecule has 0 aliphatic heterocycles. The molecule has 0 fully saturated rings. The Morgan fingerprint density at radius 3 is 1.17 bits per heavy atom.